The van der Waals surface area contributed by atoms with Gasteiger partial charge in [-0.25, -0.2) is 0 Å². The molecule has 0 aromatic heterocycles. The van der Waals surface area contributed by atoms with Crippen LogP contribution >= 0.6 is 0 Å². The Morgan fingerprint density at radius 3 is 2.50 bits per heavy atom. The number of rotatable bonds is 1. The number of hydrogen-bond acceptors (Lipinski definition) is 3. The van der Waals surface area contributed by atoms with E-state index in [1.165, 1.54) is 0 Å². The van der Waals surface area contributed by atoms with Crippen LogP contribution in [0.3, 0.4) is 0 Å². The van der Waals surface area contributed by atoms with E-state index in [1.54, 1.807) is 0 Å². The van der Waals surface area contributed by atoms with Gasteiger partial charge in [-0.05, 0) is 12.1 Å². The molecule has 0 fully saturated rings. The fourth-order valence-electron chi connectivity index (χ4n) is 2.32. The predicted octanol–water partition coefficient (Wildman–Crippen LogP) is 2.89. The Bertz CT molecular complexity index is 667. The lowest BCUT2D eigenvalue weighted by Crippen LogP contribution is -2.21. The SMILES string of the molecule is CN1C=CN(c2ccc(C#N)c3ccccc23)C1. The van der Waals surface area contributed by atoms with Crippen molar-refractivity contribution in [1.82, 2.24) is 4.90 Å². The Labute approximate surface area is 106 Å². The standard InChI is InChI=1S/C15H13N3/c1-17-8-9-18(11-17)15-7-6-12(10-16)13-4-2-3-5-14(13)15/h2-9H,11H2,1H3. The lowest BCUT2D eigenvalue weighted by Gasteiger charge is -2.20. The van der Waals surface area contributed by atoms with Gasteiger partial charge in [-0.1, -0.05) is 24.3 Å². The molecule has 0 unspecified atom stereocenters. The number of benzene rings is 2. The maximum absolute atomic E-state index is 9.15. The molecule has 2 aromatic carbocycles. The summed E-state index contributed by atoms with van der Waals surface area (Å²) in [5, 5.41) is 11.3. The van der Waals surface area contributed by atoms with Crippen molar-refractivity contribution in [2.24, 2.45) is 0 Å². The van der Waals surface area contributed by atoms with E-state index in [0.717, 1.165) is 28.7 Å². The van der Waals surface area contributed by atoms with Crippen molar-refractivity contribution in [2.75, 3.05) is 18.6 Å². The zero-order chi connectivity index (χ0) is 12.5. The summed E-state index contributed by atoms with van der Waals surface area (Å²) in [4.78, 5) is 4.30. The largest absolute Gasteiger partial charge is 0.361 e. The second-order valence-electron chi connectivity index (χ2n) is 4.46. The molecule has 0 atom stereocenters. The van der Waals surface area contributed by atoms with Gasteiger partial charge in [0.2, 0.25) is 0 Å². The van der Waals surface area contributed by atoms with E-state index in [4.69, 9.17) is 5.26 Å². The summed E-state index contributed by atoms with van der Waals surface area (Å²) >= 11 is 0. The molecule has 0 saturated heterocycles. The molecule has 0 bridgehead atoms. The van der Waals surface area contributed by atoms with Crippen LogP contribution in [0.25, 0.3) is 10.8 Å². The summed E-state index contributed by atoms with van der Waals surface area (Å²) < 4.78 is 0. The van der Waals surface area contributed by atoms with Crippen LogP contribution in [-0.4, -0.2) is 18.6 Å². The second kappa shape index (κ2) is 4.08. The van der Waals surface area contributed by atoms with Gasteiger partial charge in [0.05, 0.1) is 24.0 Å². The van der Waals surface area contributed by atoms with Crippen molar-refractivity contribution < 1.29 is 0 Å². The summed E-state index contributed by atoms with van der Waals surface area (Å²) in [7, 11) is 2.04. The van der Waals surface area contributed by atoms with Crippen LogP contribution in [0.4, 0.5) is 5.69 Å². The minimum absolute atomic E-state index is 0.728. The molecule has 1 heterocycles. The Hall–Kier alpha value is -2.47. The minimum atomic E-state index is 0.728. The quantitative estimate of drug-likeness (QED) is 0.761. The molecule has 3 nitrogen and oxygen atoms in total. The van der Waals surface area contributed by atoms with E-state index >= 15 is 0 Å². The molecule has 1 aliphatic rings. The monoisotopic (exact) mass is 235 g/mol. The number of nitriles is 1. The molecule has 88 valence electrons. The van der Waals surface area contributed by atoms with E-state index in [2.05, 4.69) is 28.1 Å². The van der Waals surface area contributed by atoms with Gasteiger partial charge in [0.25, 0.3) is 0 Å². The average Bonchev–Trinajstić information content (AvgIpc) is 2.84. The fourth-order valence-corrected chi connectivity index (χ4v) is 2.32. The van der Waals surface area contributed by atoms with Crippen LogP contribution in [0.1, 0.15) is 5.56 Å². The summed E-state index contributed by atoms with van der Waals surface area (Å²) in [5.41, 5.74) is 1.87. The topological polar surface area (TPSA) is 30.3 Å². The molecular formula is C15H13N3. The molecule has 3 rings (SSSR count). The highest BCUT2D eigenvalue weighted by atomic mass is 15.3. The third kappa shape index (κ3) is 1.59. The van der Waals surface area contributed by atoms with Crippen molar-refractivity contribution in [2.45, 2.75) is 0 Å². The van der Waals surface area contributed by atoms with Gasteiger partial charge >= 0.3 is 0 Å². The molecule has 0 aliphatic carbocycles. The smallest absolute Gasteiger partial charge is 0.0998 e. The average molecular weight is 235 g/mol. The van der Waals surface area contributed by atoms with Gasteiger partial charge in [-0.15, -0.1) is 0 Å². The van der Waals surface area contributed by atoms with Crippen LogP contribution in [0, 0.1) is 11.3 Å². The highest BCUT2D eigenvalue weighted by Gasteiger charge is 2.14. The first kappa shape index (κ1) is 10.7. The molecule has 0 N–H and O–H groups in total. The zero-order valence-electron chi connectivity index (χ0n) is 10.2. The van der Waals surface area contributed by atoms with Crippen molar-refractivity contribution in [1.29, 1.82) is 5.26 Å². The molecule has 0 amide bonds. The molecule has 1 aliphatic heterocycles. The number of anilines is 1. The molecule has 0 spiro atoms. The van der Waals surface area contributed by atoms with E-state index in [9.17, 15) is 0 Å². The summed E-state index contributed by atoms with van der Waals surface area (Å²) in [6.07, 6.45) is 4.11. The van der Waals surface area contributed by atoms with Gasteiger partial charge in [0, 0.05) is 30.2 Å². The van der Waals surface area contributed by atoms with Crippen molar-refractivity contribution >= 4 is 16.5 Å². The highest BCUT2D eigenvalue weighted by molar-refractivity contribution is 5.98. The fraction of sp³-hybridized carbons (Fsp3) is 0.133. The Morgan fingerprint density at radius 2 is 1.83 bits per heavy atom. The number of hydrogen-bond donors (Lipinski definition) is 0. The first-order chi connectivity index (χ1) is 8.79. The van der Waals surface area contributed by atoms with Gasteiger partial charge in [-0.2, -0.15) is 5.26 Å². The molecular weight excluding hydrogens is 222 g/mol. The molecule has 0 radical (unpaired) electrons. The first-order valence-corrected chi connectivity index (χ1v) is 5.86. The van der Waals surface area contributed by atoms with Gasteiger partial charge in [0.1, 0.15) is 0 Å². The summed E-state index contributed by atoms with van der Waals surface area (Å²) in [5.74, 6) is 0. The van der Waals surface area contributed by atoms with Crippen molar-refractivity contribution in [3.05, 3.63) is 54.4 Å². The normalized spacial score (nSPS) is 14.2. The zero-order valence-corrected chi connectivity index (χ0v) is 10.2. The molecule has 18 heavy (non-hydrogen) atoms. The van der Waals surface area contributed by atoms with Crippen LogP contribution in [-0.2, 0) is 0 Å². The Morgan fingerprint density at radius 1 is 1.06 bits per heavy atom. The number of fused-ring (bicyclic) bond motifs is 1. The lowest BCUT2D eigenvalue weighted by atomic mass is 10.0. The summed E-state index contributed by atoms with van der Waals surface area (Å²) in [6, 6.07) is 14.2. The Kier molecular flexibility index (Phi) is 2.42. The summed E-state index contributed by atoms with van der Waals surface area (Å²) in [6.45, 7) is 0.843. The van der Waals surface area contributed by atoms with E-state index in [-0.39, 0.29) is 0 Å². The van der Waals surface area contributed by atoms with E-state index in [1.807, 2.05) is 43.6 Å². The van der Waals surface area contributed by atoms with Gasteiger partial charge in [-0.3, -0.25) is 0 Å². The molecule has 3 heteroatoms. The Balaban J connectivity index is 2.20. The minimum Gasteiger partial charge on any atom is -0.361 e. The third-order valence-electron chi connectivity index (χ3n) is 3.21. The lowest BCUT2D eigenvalue weighted by molar-refractivity contribution is 0.496. The maximum Gasteiger partial charge on any atom is 0.0998 e. The predicted molar refractivity (Wildman–Crippen MR) is 72.9 cm³/mol. The number of nitrogens with zero attached hydrogens (tertiary/aromatic N) is 3. The van der Waals surface area contributed by atoms with Crippen LogP contribution in [0.5, 0.6) is 0 Å². The van der Waals surface area contributed by atoms with E-state index < -0.39 is 0 Å². The van der Waals surface area contributed by atoms with Gasteiger partial charge < -0.3 is 9.80 Å². The molecule has 0 saturated carbocycles. The highest BCUT2D eigenvalue weighted by Crippen LogP contribution is 2.30. The van der Waals surface area contributed by atoms with Crippen molar-refractivity contribution in [3.8, 4) is 6.07 Å². The van der Waals surface area contributed by atoms with E-state index in [0.29, 0.717) is 0 Å². The van der Waals surface area contributed by atoms with Crippen LogP contribution in [0.2, 0.25) is 0 Å². The first-order valence-electron chi connectivity index (χ1n) is 5.86. The van der Waals surface area contributed by atoms with Crippen LogP contribution < -0.4 is 4.90 Å². The third-order valence-corrected chi connectivity index (χ3v) is 3.21. The second-order valence-corrected chi connectivity index (χ2v) is 4.46. The van der Waals surface area contributed by atoms with Crippen LogP contribution in [0.15, 0.2) is 48.8 Å². The van der Waals surface area contributed by atoms with Crippen molar-refractivity contribution in [3.63, 3.8) is 0 Å². The maximum atomic E-state index is 9.15. The van der Waals surface area contributed by atoms with Gasteiger partial charge in [0.15, 0.2) is 0 Å². The molecule has 2 aromatic rings.